The molecule has 1 saturated heterocycles. The Hall–Kier alpha value is -1.86. The Bertz CT molecular complexity index is 458. The molecule has 0 bridgehead atoms. The molecule has 1 aliphatic rings. The minimum atomic E-state index is -0.0920. The molecule has 1 aromatic carbocycles. The van der Waals surface area contributed by atoms with Crippen LogP contribution in [0.3, 0.4) is 0 Å². The topological polar surface area (TPSA) is 64.9 Å². The Labute approximate surface area is 107 Å². The highest BCUT2D eigenvalue weighted by atomic mass is 16.1. The van der Waals surface area contributed by atoms with Crippen molar-refractivity contribution in [3.8, 4) is 6.07 Å². The van der Waals surface area contributed by atoms with Gasteiger partial charge in [-0.2, -0.15) is 5.26 Å². The third-order valence-electron chi connectivity index (χ3n) is 3.26. The van der Waals surface area contributed by atoms with E-state index in [4.69, 9.17) is 5.26 Å². The first kappa shape index (κ1) is 12.6. The first-order chi connectivity index (χ1) is 8.79. The van der Waals surface area contributed by atoms with E-state index in [1.807, 2.05) is 6.07 Å². The summed E-state index contributed by atoms with van der Waals surface area (Å²) in [5, 5.41) is 15.0. The van der Waals surface area contributed by atoms with E-state index in [2.05, 4.69) is 10.6 Å². The van der Waals surface area contributed by atoms with E-state index in [0.717, 1.165) is 32.5 Å². The van der Waals surface area contributed by atoms with E-state index >= 15 is 0 Å². The van der Waals surface area contributed by atoms with Gasteiger partial charge < -0.3 is 10.6 Å². The van der Waals surface area contributed by atoms with E-state index in [1.54, 1.807) is 24.3 Å². The van der Waals surface area contributed by atoms with Gasteiger partial charge in [-0.3, -0.25) is 4.79 Å². The van der Waals surface area contributed by atoms with Crippen LogP contribution in [0.2, 0.25) is 0 Å². The van der Waals surface area contributed by atoms with Crippen molar-refractivity contribution < 1.29 is 4.79 Å². The lowest BCUT2D eigenvalue weighted by atomic mass is 9.98. The van der Waals surface area contributed by atoms with Crippen LogP contribution in [0, 0.1) is 17.2 Å². The molecule has 0 aliphatic carbocycles. The highest BCUT2D eigenvalue weighted by Crippen LogP contribution is 2.10. The van der Waals surface area contributed by atoms with Gasteiger partial charge in [0.2, 0.25) is 0 Å². The fourth-order valence-corrected chi connectivity index (χ4v) is 2.15. The van der Waals surface area contributed by atoms with Gasteiger partial charge in [-0.25, -0.2) is 0 Å². The Morgan fingerprint density at radius 3 is 2.94 bits per heavy atom. The van der Waals surface area contributed by atoms with Gasteiger partial charge in [-0.15, -0.1) is 0 Å². The number of amides is 1. The van der Waals surface area contributed by atoms with E-state index in [9.17, 15) is 4.79 Å². The second kappa shape index (κ2) is 6.18. The van der Waals surface area contributed by atoms with Crippen molar-refractivity contribution in [2.24, 2.45) is 5.92 Å². The summed E-state index contributed by atoms with van der Waals surface area (Å²) in [5.41, 5.74) is 1.08. The van der Waals surface area contributed by atoms with Gasteiger partial charge in [-0.1, -0.05) is 6.07 Å². The molecular weight excluding hydrogens is 226 g/mol. The molecule has 1 aliphatic heterocycles. The number of hydrogen-bond acceptors (Lipinski definition) is 3. The lowest BCUT2D eigenvalue weighted by Crippen LogP contribution is -2.35. The zero-order valence-electron chi connectivity index (χ0n) is 10.3. The summed E-state index contributed by atoms with van der Waals surface area (Å²) in [7, 11) is 0. The number of nitrogens with one attached hydrogen (secondary N) is 2. The molecule has 0 atom stereocenters. The Balaban J connectivity index is 1.89. The molecule has 1 aromatic rings. The summed E-state index contributed by atoms with van der Waals surface area (Å²) in [5.74, 6) is 0.472. The van der Waals surface area contributed by atoms with E-state index < -0.39 is 0 Å². The third kappa shape index (κ3) is 3.31. The second-order valence-electron chi connectivity index (χ2n) is 4.60. The minimum absolute atomic E-state index is 0.0920. The normalized spacial score (nSPS) is 15.9. The number of nitriles is 1. The van der Waals surface area contributed by atoms with E-state index in [0.29, 0.717) is 17.0 Å². The van der Waals surface area contributed by atoms with Crippen molar-refractivity contribution in [1.29, 1.82) is 5.26 Å². The highest BCUT2D eigenvalue weighted by Gasteiger charge is 2.14. The van der Waals surface area contributed by atoms with Gasteiger partial charge in [0.25, 0.3) is 5.91 Å². The van der Waals surface area contributed by atoms with Gasteiger partial charge >= 0.3 is 0 Å². The van der Waals surface area contributed by atoms with Crippen LogP contribution in [0.15, 0.2) is 24.3 Å². The van der Waals surface area contributed by atoms with Gasteiger partial charge in [0, 0.05) is 12.1 Å². The van der Waals surface area contributed by atoms with Gasteiger partial charge in [0.05, 0.1) is 11.6 Å². The molecule has 2 rings (SSSR count). The number of nitrogens with zero attached hydrogens (tertiary/aromatic N) is 1. The summed E-state index contributed by atoms with van der Waals surface area (Å²) in [6.45, 7) is 2.78. The minimum Gasteiger partial charge on any atom is -0.352 e. The molecule has 1 fully saturated rings. The van der Waals surface area contributed by atoms with Crippen LogP contribution in [-0.2, 0) is 0 Å². The Morgan fingerprint density at radius 2 is 2.22 bits per heavy atom. The van der Waals surface area contributed by atoms with Crippen molar-refractivity contribution in [2.45, 2.75) is 12.8 Å². The molecular formula is C14H17N3O. The van der Waals surface area contributed by atoms with Crippen molar-refractivity contribution in [3.05, 3.63) is 35.4 Å². The summed E-state index contributed by atoms with van der Waals surface area (Å²) < 4.78 is 0. The molecule has 0 saturated carbocycles. The average molecular weight is 243 g/mol. The molecule has 0 unspecified atom stereocenters. The maximum absolute atomic E-state index is 11.9. The van der Waals surface area contributed by atoms with Crippen LogP contribution in [0.1, 0.15) is 28.8 Å². The van der Waals surface area contributed by atoms with Crippen molar-refractivity contribution in [3.63, 3.8) is 0 Å². The molecule has 1 amide bonds. The van der Waals surface area contributed by atoms with Crippen LogP contribution in [-0.4, -0.2) is 25.5 Å². The molecule has 0 aromatic heterocycles. The quantitative estimate of drug-likeness (QED) is 0.840. The van der Waals surface area contributed by atoms with Gasteiger partial charge in [0.15, 0.2) is 0 Å². The lowest BCUT2D eigenvalue weighted by Gasteiger charge is -2.22. The summed E-state index contributed by atoms with van der Waals surface area (Å²) in [6.07, 6.45) is 2.22. The standard InChI is InChI=1S/C14H17N3O/c15-9-12-2-1-3-13(8-12)14(18)17-10-11-4-6-16-7-5-11/h1-3,8,11,16H,4-7,10H2,(H,17,18). The molecule has 1 heterocycles. The second-order valence-corrected chi connectivity index (χ2v) is 4.60. The molecule has 94 valence electrons. The number of hydrogen-bond donors (Lipinski definition) is 2. The average Bonchev–Trinajstić information content (AvgIpc) is 2.46. The predicted molar refractivity (Wildman–Crippen MR) is 69.1 cm³/mol. The maximum Gasteiger partial charge on any atom is 0.251 e. The number of carbonyl (C=O) groups excluding carboxylic acids is 1. The number of piperidine rings is 1. The number of rotatable bonds is 3. The lowest BCUT2D eigenvalue weighted by molar-refractivity contribution is 0.0944. The largest absolute Gasteiger partial charge is 0.352 e. The number of carbonyl (C=O) groups is 1. The fourth-order valence-electron chi connectivity index (χ4n) is 2.15. The summed E-state index contributed by atoms with van der Waals surface area (Å²) >= 11 is 0. The van der Waals surface area contributed by atoms with Gasteiger partial charge in [0.1, 0.15) is 0 Å². The monoisotopic (exact) mass is 243 g/mol. The molecule has 0 radical (unpaired) electrons. The van der Waals surface area contributed by atoms with Crippen molar-refractivity contribution in [1.82, 2.24) is 10.6 Å². The van der Waals surface area contributed by atoms with Crippen LogP contribution in [0.25, 0.3) is 0 Å². The summed E-state index contributed by atoms with van der Waals surface area (Å²) in [6, 6.07) is 8.83. The van der Waals surface area contributed by atoms with Crippen LogP contribution in [0.4, 0.5) is 0 Å². The molecule has 2 N–H and O–H groups in total. The molecule has 4 nitrogen and oxygen atoms in total. The number of benzene rings is 1. The van der Waals surface area contributed by atoms with Crippen molar-refractivity contribution >= 4 is 5.91 Å². The molecule has 0 spiro atoms. The van der Waals surface area contributed by atoms with Crippen LogP contribution >= 0.6 is 0 Å². The SMILES string of the molecule is N#Cc1cccc(C(=O)NCC2CCNCC2)c1. The predicted octanol–water partition coefficient (Wildman–Crippen LogP) is 1.29. The molecule has 4 heteroatoms. The first-order valence-corrected chi connectivity index (χ1v) is 6.28. The smallest absolute Gasteiger partial charge is 0.251 e. The zero-order valence-corrected chi connectivity index (χ0v) is 10.3. The van der Waals surface area contributed by atoms with Gasteiger partial charge in [-0.05, 0) is 50.0 Å². The third-order valence-corrected chi connectivity index (χ3v) is 3.26. The van der Waals surface area contributed by atoms with E-state index in [1.165, 1.54) is 0 Å². The maximum atomic E-state index is 11.9. The first-order valence-electron chi connectivity index (χ1n) is 6.28. The van der Waals surface area contributed by atoms with Crippen LogP contribution < -0.4 is 10.6 Å². The van der Waals surface area contributed by atoms with E-state index in [-0.39, 0.29) is 5.91 Å². The highest BCUT2D eigenvalue weighted by molar-refractivity contribution is 5.94. The zero-order chi connectivity index (χ0) is 12.8. The summed E-state index contributed by atoms with van der Waals surface area (Å²) in [4.78, 5) is 11.9. The van der Waals surface area contributed by atoms with Crippen molar-refractivity contribution in [2.75, 3.05) is 19.6 Å². The Morgan fingerprint density at radius 1 is 1.44 bits per heavy atom. The fraction of sp³-hybridized carbons (Fsp3) is 0.429. The Kier molecular flexibility index (Phi) is 4.32. The van der Waals surface area contributed by atoms with Crippen LogP contribution in [0.5, 0.6) is 0 Å². The molecule has 18 heavy (non-hydrogen) atoms.